The SMILES string of the molecule is O.O=C(O)C(Cc1c[nH]c2ccccc12)NO. The van der Waals surface area contributed by atoms with Gasteiger partial charge in [-0.15, -0.1) is 0 Å². The van der Waals surface area contributed by atoms with E-state index in [2.05, 4.69) is 4.98 Å². The monoisotopic (exact) mass is 238 g/mol. The molecule has 2 aromatic rings. The third-order valence-electron chi connectivity index (χ3n) is 2.55. The summed E-state index contributed by atoms with van der Waals surface area (Å²) >= 11 is 0. The molecule has 0 aliphatic rings. The lowest BCUT2D eigenvalue weighted by Crippen LogP contribution is -2.36. The summed E-state index contributed by atoms with van der Waals surface area (Å²) in [7, 11) is 0. The molecule has 1 unspecified atom stereocenters. The van der Waals surface area contributed by atoms with Crippen LogP contribution in [-0.2, 0) is 11.2 Å². The van der Waals surface area contributed by atoms with E-state index in [0.717, 1.165) is 16.5 Å². The Kier molecular flexibility index (Phi) is 4.22. The Labute approximate surface area is 97.2 Å². The molecule has 6 nitrogen and oxygen atoms in total. The van der Waals surface area contributed by atoms with E-state index in [4.69, 9.17) is 10.3 Å². The van der Waals surface area contributed by atoms with Crippen molar-refractivity contribution in [2.24, 2.45) is 0 Å². The summed E-state index contributed by atoms with van der Waals surface area (Å²) in [6.45, 7) is 0. The second kappa shape index (κ2) is 5.44. The third kappa shape index (κ3) is 2.62. The van der Waals surface area contributed by atoms with Gasteiger partial charge >= 0.3 is 5.97 Å². The molecule has 2 rings (SSSR count). The fourth-order valence-corrected chi connectivity index (χ4v) is 1.71. The highest BCUT2D eigenvalue weighted by Gasteiger charge is 2.18. The van der Waals surface area contributed by atoms with Crippen LogP contribution in [0, 0.1) is 0 Å². The van der Waals surface area contributed by atoms with Crippen LogP contribution in [0.4, 0.5) is 0 Å². The second-order valence-electron chi connectivity index (χ2n) is 3.58. The summed E-state index contributed by atoms with van der Waals surface area (Å²) in [4.78, 5) is 13.8. The van der Waals surface area contributed by atoms with E-state index in [9.17, 15) is 4.79 Å². The first-order valence-corrected chi connectivity index (χ1v) is 4.90. The zero-order valence-electron chi connectivity index (χ0n) is 8.97. The standard InChI is InChI=1S/C11H12N2O3.H2O/c14-11(15)10(13-16)5-7-6-12-9-4-2-1-3-8(7)9;/h1-4,6,10,12-13,16H,5H2,(H,14,15);1H2. The first-order valence-electron chi connectivity index (χ1n) is 4.90. The first-order chi connectivity index (χ1) is 7.72. The van der Waals surface area contributed by atoms with Crippen molar-refractivity contribution in [1.82, 2.24) is 10.5 Å². The highest BCUT2D eigenvalue weighted by molar-refractivity contribution is 5.84. The Bertz CT molecular complexity index is 509. The lowest BCUT2D eigenvalue weighted by Gasteiger charge is -2.08. The summed E-state index contributed by atoms with van der Waals surface area (Å²) in [5.74, 6) is -1.08. The van der Waals surface area contributed by atoms with Crippen LogP contribution in [0.5, 0.6) is 0 Å². The molecule has 1 aromatic carbocycles. The van der Waals surface area contributed by atoms with Crippen molar-refractivity contribution in [3.63, 3.8) is 0 Å². The Morgan fingerprint density at radius 3 is 2.76 bits per heavy atom. The lowest BCUT2D eigenvalue weighted by molar-refractivity contribution is -0.142. The van der Waals surface area contributed by atoms with Crippen molar-refractivity contribution in [3.05, 3.63) is 36.0 Å². The van der Waals surface area contributed by atoms with Gasteiger partial charge in [0, 0.05) is 23.5 Å². The molecule has 0 spiro atoms. The first kappa shape index (κ1) is 13.2. The number of aromatic nitrogens is 1. The fourth-order valence-electron chi connectivity index (χ4n) is 1.71. The van der Waals surface area contributed by atoms with Gasteiger partial charge in [0.1, 0.15) is 6.04 Å². The van der Waals surface area contributed by atoms with Gasteiger partial charge in [-0.25, -0.2) is 0 Å². The van der Waals surface area contributed by atoms with Crippen molar-refractivity contribution in [3.8, 4) is 0 Å². The molecule has 17 heavy (non-hydrogen) atoms. The van der Waals surface area contributed by atoms with E-state index in [1.54, 1.807) is 11.7 Å². The molecule has 0 saturated heterocycles. The number of hydrogen-bond donors (Lipinski definition) is 4. The Hall–Kier alpha value is -1.89. The van der Waals surface area contributed by atoms with Crippen LogP contribution in [0.1, 0.15) is 5.56 Å². The number of benzene rings is 1. The average Bonchev–Trinajstić information content (AvgIpc) is 2.69. The third-order valence-corrected chi connectivity index (χ3v) is 2.55. The molecular formula is C11H14N2O4. The van der Waals surface area contributed by atoms with Crippen molar-refractivity contribution in [2.75, 3.05) is 0 Å². The molecule has 0 fully saturated rings. The molecule has 6 heteroatoms. The number of hydrogen-bond acceptors (Lipinski definition) is 3. The molecule has 0 amide bonds. The van der Waals surface area contributed by atoms with Crippen LogP contribution in [0.3, 0.4) is 0 Å². The quantitative estimate of drug-likeness (QED) is 0.574. The zero-order valence-corrected chi connectivity index (χ0v) is 8.97. The van der Waals surface area contributed by atoms with Crippen LogP contribution < -0.4 is 5.48 Å². The highest BCUT2D eigenvalue weighted by Crippen LogP contribution is 2.18. The van der Waals surface area contributed by atoms with E-state index in [1.807, 2.05) is 24.3 Å². The Morgan fingerprint density at radius 1 is 1.41 bits per heavy atom. The molecule has 92 valence electrons. The minimum absolute atomic E-state index is 0. The summed E-state index contributed by atoms with van der Waals surface area (Å²) < 4.78 is 0. The van der Waals surface area contributed by atoms with Gasteiger partial charge in [-0.2, -0.15) is 5.48 Å². The summed E-state index contributed by atoms with van der Waals surface area (Å²) in [5.41, 5.74) is 3.61. The highest BCUT2D eigenvalue weighted by atomic mass is 16.5. The Balaban J connectivity index is 0.00000144. The number of para-hydroxylation sites is 1. The van der Waals surface area contributed by atoms with E-state index >= 15 is 0 Å². The fraction of sp³-hybridized carbons (Fsp3) is 0.182. The number of rotatable bonds is 4. The molecule has 0 saturated carbocycles. The van der Waals surface area contributed by atoms with Crippen LogP contribution in [-0.4, -0.2) is 32.8 Å². The maximum atomic E-state index is 10.8. The van der Waals surface area contributed by atoms with Gasteiger partial charge in [0.2, 0.25) is 0 Å². The predicted octanol–water partition coefficient (Wildman–Crippen LogP) is 0.318. The number of hydroxylamine groups is 1. The van der Waals surface area contributed by atoms with Crippen LogP contribution in [0.25, 0.3) is 10.9 Å². The maximum absolute atomic E-state index is 10.8. The number of aliphatic carboxylic acids is 1. The number of carboxylic acid groups (broad SMARTS) is 1. The van der Waals surface area contributed by atoms with E-state index in [1.165, 1.54) is 0 Å². The van der Waals surface area contributed by atoms with Crippen molar-refractivity contribution in [1.29, 1.82) is 0 Å². The van der Waals surface area contributed by atoms with Gasteiger partial charge in [-0.3, -0.25) is 4.79 Å². The Morgan fingerprint density at radius 2 is 2.12 bits per heavy atom. The molecule has 0 aliphatic carbocycles. The summed E-state index contributed by atoms with van der Waals surface area (Å²) in [6.07, 6.45) is 1.99. The molecular weight excluding hydrogens is 224 g/mol. The van der Waals surface area contributed by atoms with Crippen LogP contribution in [0.2, 0.25) is 0 Å². The molecule has 0 aliphatic heterocycles. The van der Waals surface area contributed by atoms with Crippen molar-refractivity contribution in [2.45, 2.75) is 12.5 Å². The minimum atomic E-state index is -1.08. The van der Waals surface area contributed by atoms with E-state index < -0.39 is 12.0 Å². The lowest BCUT2D eigenvalue weighted by atomic mass is 10.1. The minimum Gasteiger partial charge on any atom is -0.480 e. The molecule has 0 radical (unpaired) electrons. The van der Waals surface area contributed by atoms with Crippen LogP contribution >= 0.6 is 0 Å². The zero-order chi connectivity index (χ0) is 11.5. The van der Waals surface area contributed by atoms with Crippen molar-refractivity contribution >= 4 is 16.9 Å². The average molecular weight is 238 g/mol. The number of carboxylic acids is 1. The van der Waals surface area contributed by atoms with Crippen molar-refractivity contribution < 1.29 is 20.6 Å². The maximum Gasteiger partial charge on any atom is 0.323 e. The molecule has 1 aromatic heterocycles. The smallest absolute Gasteiger partial charge is 0.323 e. The summed E-state index contributed by atoms with van der Waals surface area (Å²) in [6, 6.07) is 6.64. The number of aromatic amines is 1. The number of carbonyl (C=O) groups is 1. The predicted molar refractivity (Wildman–Crippen MR) is 62.0 cm³/mol. The normalized spacial score (nSPS) is 12.1. The molecule has 6 N–H and O–H groups in total. The summed E-state index contributed by atoms with van der Waals surface area (Å²) in [5, 5.41) is 18.5. The molecule has 0 bridgehead atoms. The van der Waals surface area contributed by atoms with Crippen LogP contribution in [0.15, 0.2) is 30.5 Å². The topological polar surface area (TPSA) is 117 Å². The van der Waals surface area contributed by atoms with E-state index in [-0.39, 0.29) is 11.9 Å². The molecule has 1 atom stereocenters. The number of H-pyrrole nitrogens is 1. The van der Waals surface area contributed by atoms with Gasteiger partial charge in [-0.05, 0) is 11.6 Å². The van der Waals surface area contributed by atoms with E-state index in [0.29, 0.717) is 0 Å². The van der Waals surface area contributed by atoms with Gasteiger partial charge in [0.25, 0.3) is 0 Å². The second-order valence-corrected chi connectivity index (χ2v) is 3.58. The number of fused-ring (bicyclic) bond motifs is 1. The molecule has 1 heterocycles. The largest absolute Gasteiger partial charge is 0.480 e. The van der Waals surface area contributed by atoms with Gasteiger partial charge in [-0.1, -0.05) is 18.2 Å². The van der Waals surface area contributed by atoms with Gasteiger partial charge in [0.15, 0.2) is 0 Å². The van der Waals surface area contributed by atoms with Gasteiger partial charge < -0.3 is 20.8 Å². The number of nitrogens with one attached hydrogen (secondary N) is 2. The van der Waals surface area contributed by atoms with Gasteiger partial charge in [0.05, 0.1) is 0 Å².